The molecule has 1 aromatic heterocycles. The number of thiophene rings is 1. The molecular formula is C17H22N2O3S. The lowest BCUT2D eigenvalue weighted by atomic mass is 9.90. The molecule has 6 heteroatoms. The number of ether oxygens (including phenoxy) is 1. The zero-order chi connectivity index (χ0) is 17.0. The van der Waals surface area contributed by atoms with Gasteiger partial charge in [0, 0.05) is 10.3 Å². The van der Waals surface area contributed by atoms with Crippen LogP contribution in [-0.4, -0.2) is 24.0 Å². The molecule has 1 aliphatic carbocycles. The second-order valence-corrected chi connectivity index (χ2v) is 7.32. The van der Waals surface area contributed by atoms with Crippen LogP contribution in [-0.2, 0) is 22.4 Å². The summed E-state index contributed by atoms with van der Waals surface area (Å²) in [6.07, 6.45) is 4.16. The van der Waals surface area contributed by atoms with Gasteiger partial charge in [0.05, 0.1) is 11.6 Å². The van der Waals surface area contributed by atoms with Crippen LogP contribution in [0.1, 0.15) is 54.4 Å². The van der Waals surface area contributed by atoms with E-state index in [2.05, 4.69) is 11.4 Å². The number of hydrogen-bond donors (Lipinski definition) is 1. The second-order valence-electron chi connectivity index (χ2n) is 6.35. The Morgan fingerprint density at radius 1 is 1.43 bits per heavy atom. The summed E-state index contributed by atoms with van der Waals surface area (Å²) in [5.41, 5.74) is 0.700. The molecule has 1 atom stereocenters. The van der Waals surface area contributed by atoms with E-state index in [9.17, 15) is 14.9 Å². The molecule has 23 heavy (non-hydrogen) atoms. The number of hydrogen-bond acceptors (Lipinski definition) is 5. The Morgan fingerprint density at radius 2 is 2.13 bits per heavy atom. The van der Waals surface area contributed by atoms with Crippen molar-refractivity contribution in [3.05, 3.63) is 21.4 Å². The van der Waals surface area contributed by atoms with Gasteiger partial charge in [-0.25, -0.2) is 4.79 Å². The highest BCUT2D eigenvalue weighted by atomic mass is 32.1. The minimum Gasteiger partial charge on any atom is -0.452 e. The Kier molecular flexibility index (Phi) is 5.42. The summed E-state index contributed by atoms with van der Waals surface area (Å²) in [5.74, 6) is -0.959. The van der Waals surface area contributed by atoms with Crippen LogP contribution in [0.2, 0.25) is 0 Å². The van der Waals surface area contributed by atoms with Crippen LogP contribution in [0, 0.1) is 17.2 Å². The van der Waals surface area contributed by atoms with Crippen LogP contribution in [0.25, 0.3) is 0 Å². The largest absolute Gasteiger partial charge is 0.452 e. The summed E-state index contributed by atoms with van der Waals surface area (Å²) < 4.78 is 5.13. The number of fused-ring (bicyclic) bond motifs is 1. The number of aryl methyl sites for hydroxylation is 1. The average molecular weight is 334 g/mol. The number of nitrogens with one attached hydrogen (secondary N) is 1. The van der Waals surface area contributed by atoms with Gasteiger partial charge in [0.2, 0.25) is 0 Å². The second kappa shape index (κ2) is 7.14. The van der Waals surface area contributed by atoms with Crippen LogP contribution >= 0.6 is 11.3 Å². The predicted octanol–water partition coefficient (Wildman–Crippen LogP) is 2.84. The van der Waals surface area contributed by atoms with Crippen molar-refractivity contribution in [3.8, 4) is 6.07 Å². The number of amides is 1. The summed E-state index contributed by atoms with van der Waals surface area (Å²) in [6, 6.07) is 2.09. The molecule has 0 radical (unpaired) electrons. The third-order valence-corrected chi connectivity index (χ3v) is 5.49. The van der Waals surface area contributed by atoms with E-state index in [-0.39, 0.29) is 12.5 Å². The highest BCUT2D eigenvalue weighted by molar-refractivity contribution is 7.10. The molecule has 0 spiro atoms. The highest BCUT2D eigenvalue weighted by Gasteiger charge is 2.30. The Hall–Kier alpha value is -1.87. The van der Waals surface area contributed by atoms with E-state index in [0.29, 0.717) is 5.56 Å². The number of nitrogens with zero attached hydrogens (tertiary/aromatic N) is 1. The Bertz CT molecular complexity index is 645. The molecular weight excluding hydrogens is 312 g/mol. The van der Waals surface area contributed by atoms with Crippen molar-refractivity contribution in [2.75, 3.05) is 6.61 Å². The molecule has 1 aliphatic rings. The third kappa shape index (κ3) is 3.91. The Balaban J connectivity index is 1.93. The predicted molar refractivity (Wildman–Crippen MR) is 88.2 cm³/mol. The van der Waals surface area contributed by atoms with Gasteiger partial charge in [-0.2, -0.15) is 5.26 Å². The molecule has 0 saturated carbocycles. The quantitative estimate of drug-likeness (QED) is 0.840. The first-order chi connectivity index (χ1) is 10.9. The molecule has 0 aromatic carbocycles. The Labute approximate surface area is 140 Å². The molecule has 1 N–H and O–H groups in total. The Morgan fingerprint density at radius 3 is 2.78 bits per heavy atom. The van der Waals surface area contributed by atoms with E-state index in [1.54, 1.807) is 18.3 Å². The van der Waals surface area contributed by atoms with Gasteiger partial charge in [0.15, 0.2) is 6.61 Å². The molecule has 0 saturated heterocycles. The van der Waals surface area contributed by atoms with Gasteiger partial charge < -0.3 is 10.1 Å². The van der Waals surface area contributed by atoms with Crippen LogP contribution in [0.4, 0.5) is 0 Å². The van der Waals surface area contributed by atoms with E-state index in [1.807, 2.05) is 19.2 Å². The summed E-state index contributed by atoms with van der Waals surface area (Å²) in [5, 5.41) is 13.6. The fourth-order valence-corrected chi connectivity index (χ4v) is 3.62. The van der Waals surface area contributed by atoms with Crippen molar-refractivity contribution in [1.82, 2.24) is 5.32 Å². The van der Waals surface area contributed by atoms with Gasteiger partial charge in [0.1, 0.15) is 5.54 Å². The minimum absolute atomic E-state index is 0.0453. The zero-order valence-electron chi connectivity index (χ0n) is 13.8. The first-order valence-electron chi connectivity index (χ1n) is 7.86. The van der Waals surface area contributed by atoms with Crippen molar-refractivity contribution in [2.45, 2.75) is 52.0 Å². The van der Waals surface area contributed by atoms with Crippen molar-refractivity contribution >= 4 is 23.2 Å². The van der Waals surface area contributed by atoms with Crippen LogP contribution in [0.3, 0.4) is 0 Å². The van der Waals surface area contributed by atoms with Gasteiger partial charge in [0.25, 0.3) is 5.91 Å². The molecule has 0 unspecified atom stereocenters. The lowest BCUT2D eigenvalue weighted by Gasteiger charge is -2.27. The number of nitriles is 1. The van der Waals surface area contributed by atoms with Crippen molar-refractivity contribution in [2.24, 2.45) is 5.92 Å². The molecule has 0 fully saturated rings. The average Bonchev–Trinajstić information content (AvgIpc) is 2.96. The summed E-state index contributed by atoms with van der Waals surface area (Å²) in [7, 11) is 0. The van der Waals surface area contributed by atoms with Crippen LogP contribution < -0.4 is 5.32 Å². The monoisotopic (exact) mass is 334 g/mol. The standard InChI is InChI=1S/C17H22N2O3S/c1-11(2)17(3,10-18)19-15(20)8-22-16(21)13-9-23-14-7-5-4-6-12(13)14/h9,11H,4-8H2,1-3H3,(H,19,20)/t17-/m1/s1. The maximum atomic E-state index is 12.2. The fraction of sp³-hybridized carbons (Fsp3) is 0.588. The normalized spacial score (nSPS) is 16.1. The van der Waals surface area contributed by atoms with Crippen molar-refractivity contribution in [1.29, 1.82) is 5.26 Å². The van der Waals surface area contributed by atoms with Crippen molar-refractivity contribution in [3.63, 3.8) is 0 Å². The zero-order valence-corrected chi connectivity index (χ0v) is 14.6. The van der Waals surface area contributed by atoms with Crippen LogP contribution in [0.5, 0.6) is 0 Å². The number of esters is 1. The minimum atomic E-state index is -0.967. The molecule has 0 bridgehead atoms. The molecule has 2 rings (SSSR count). The third-order valence-electron chi connectivity index (χ3n) is 4.40. The molecule has 1 heterocycles. The number of carbonyl (C=O) groups is 2. The topological polar surface area (TPSA) is 79.2 Å². The SMILES string of the molecule is CC(C)[C@@](C)(C#N)NC(=O)COC(=O)c1csc2c1CCCC2. The summed E-state index contributed by atoms with van der Waals surface area (Å²) in [4.78, 5) is 25.4. The van der Waals surface area contributed by atoms with Crippen LogP contribution in [0.15, 0.2) is 5.38 Å². The number of carbonyl (C=O) groups excluding carboxylic acids is 2. The lowest BCUT2D eigenvalue weighted by Crippen LogP contribution is -2.50. The highest BCUT2D eigenvalue weighted by Crippen LogP contribution is 2.30. The maximum Gasteiger partial charge on any atom is 0.339 e. The molecule has 0 aliphatic heterocycles. The van der Waals surface area contributed by atoms with E-state index < -0.39 is 17.4 Å². The van der Waals surface area contributed by atoms with Gasteiger partial charge >= 0.3 is 5.97 Å². The molecule has 1 amide bonds. The lowest BCUT2D eigenvalue weighted by molar-refractivity contribution is -0.125. The van der Waals surface area contributed by atoms with E-state index >= 15 is 0 Å². The van der Waals surface area contributed by atoms with Gasteiger partial charge in [-0.15, -0.1) is 11.3 Å². The maximum absolute atomic E-state index is 12.2. The molecule has 1 aromatic rings. The van der Waals surface area contributed by atoms with E-state index in [0.717, 1.165) is 31.2 Å². The molecule has 5 nitrogen and oxygen atoms in total. The number of rotatable bonds is 5. The summed E-state index contributed by atoms with van der Waals surface area (Å²) >= 11 is 1.59. The van der Waals surface area contributed by atoms with Gasteiger partial charge in [-0.3, -0.25) is 4.79 Å². The summed E-state index contributed by atoms with van der Waals surface area (Å²) in [6.45, 7) is 5.00. The van der Waals surface area contributed by atoms with Gasteiger partial charge in [-0.05, 0) is 44.1 Å². The smallest absolute Gasteiger partial charge is 0.339 e. The molecule has 124 valence electrons. The fourth-order valence-electron chi connectivity index (χ4n) is 2.50. The van der Waals surface area contributed by atoms with E-state index in [1.165, 1.54) is 4.88 Å². The van der Waals surface area contributed by atoms with Crippen molar-refractivity contribution < 1.29 is 14.3 Å². The van der Waals surface area contributed by atoms with E-state index in [4.69, 9.17) is 4.74 Å². The van der Waals surface area contributed by atoms with Gasteiger partial charge in [-0.1, -0.05) is 13.8 Å². The first kappa shape index (κ1) is 17.5. The first-order valence-corrected chi connectivity index (χ1v) is 8.74.